The Balaban J connectivity index is 1.61. The fourth-order valence-corrected chi connectivity index (χ4v) is 5.56. The Hall–Kier alpha value is -5.09. The molecule has 0 spiro atoms. The lowest BCUT2D eigenvalue weighted by molar-refractivity contribution is 0.177. The Bertz CT molecular complexity index is 1620. The zero-order chi connectivity index (χ0) is 30.8. The van der Waals surface area contributed by atoms with Crippen molar-refractivity contribution in [3.8, 4) is 18.2 Å². The molecule has 2 aromatic carbocycles. The number of ether oxygens (including phenoxy) is 1. The first-order valence-corrected chi connectivity index (χ1v) is 14.4. The maximum atomic E-state index is 9.98. The van der Waals surface area contributed by atoms with Gasteiger partial charge in [0, 0.05) is 24.4 Å². The van der Waals surface area contributed by atoms with E-state index >= 15 is 0 Å². The average molecular weight is 569 g/mol. The van der Waals surface area contributed by atoms with Crippen LogP contribution in [0.4, 0.5) is 5.69 Å². The molecule has 216 valence electrons. The molecule has 6 nitrogen and oxygen atoms in total. The van der Waals surface area contributed by atoms with Gasteiger partial charge in [-0.2, -0.15) is 15.8 Å². The van der Waals surface area contributed by atoms with Crippen molar-refractivity contribution >= 4 is 11.8 Å². The van der Waals surface area contributed by atoms with Gasteiger partial charge in [-0.05, 0) is 59.6 Å². The highest BCUT2D eigenvalue weighted by atomic mass is 16.5. The Morgan fingerprint density at radius 2 is 1.72 bits per heavy atom. The fraction of sp³-hybridized carbons (Fsp3) is 0.270. The van der Waals surface area contributed by atoms with Crippen molar-refractivity contribution in [3.05, 3.63) is 130 Å². The van der Waals surface area contributed by atoms with Crippen LogP contribution in [0.25, 0.3) is 6.08 Å². The molecule has 1 aliphatic carbocycles. The molecule has 1 heterocycles. The second kappa shape index (κ2) is 14.2. The normalized spacial score (nSPS) is 18.7. The van der Waals surface area contributed by atoms with Gasteiger partial charge in [0.15, 0.2) is 17.4 Å². The van der Waals surface area contributed by atoms with E-state index in [-0.39, 0.29) is 28.9 Å². The van der Waals surface area contributed by atoms with Crippen LogP contribution in [0.2, 0.25) is 0 Å². The third-order valence-corrected chi connectivity index (χ3v) is 7.52. The third kappa shape index (κ3) is 7.60. The van der Waals surface area contributed by atoms with E-state index in [1.807, 2.05) is 54.6 Å². The fourth-order valence-electron chi connectivity index (χ4n) is 5.56. The lowest BCUT2D eigenvalue weighted by Gasteiger charge is -2.30. The van der Waals surface area contributed by atoms with E-state index in [0.717, 1.165) is 36.2 Å². The Morgan fingerprint density at radius 1 is 1.00 bits per heavy atom. The maximum Gasteiger partial charge on any atom is 0.172 e. The van der Waals surface area contributed by atoms with Gasteiger partial charge in [-0.25, -0.2) is 0 Å². The van der Waals surface area contributed by atoms with Gasteiger partial charge in [-0.15, -0.1) is 0 Å². The molecule has 1 unspecified atom stereocenters. The van der Waals surface area contributed by atoms with Crippen molar-refractivity contribution in [2.24, 2.45) is 5.41 Å². The predicted molar refractivity (Wildman–Crippen MR) is 170 cm³/mol. The molecule has 2 aliphatic rings. The lowest BCUT2D eigenvalue weighted by atomic mass is 9.75. The molecular formula is C37H36N4O2. The number of rotatable bonds is 9. The second-order valence-electron chi connectivity index (χ2n) is 11.3. The second-order valence-corrected chi connectivity index (χ2v) is 11.3. The Kier molecular flexibility index (Phi) is 10.2. The van der Waals surface area contributed by atoms with Crippen LogP contribution < -0.4 is 4.90 Å². The van der Waals surface area contributed by atoms with Crippen LogP contribution in [-0.4, -0.2) is 24.8 Å². The molecule has 0 aromatic heterocycles. The Labute approximate surface area is 254 Å². The molecule has 4 rings (SSSR count). The highest BCUT2D eigenvalue weighted by molar-refractivity contribution is 5.61. The Morgan fingerprint density at radius 3 is 2.35 bits per heavy atom. The van der Waals surface area contributed by atoms with Gasteiger partial charge in [0.25, 0.3) is 0 Å². The van der Waals surface area contributed by atoms with E-state index in [0.29, 0.717) is 12.1 Å². The topological polar surface area (TPSA) is 104 Å². The molecule has 43 heavy (non-hydrogen) atoms. The summed E-state index contributed by atoms with van der Waals surface area (Å²) in [6, 6.07) is 23.7. The zero-order valence-electron chi connectivity index (χ0n) is 24.9. The molecule has 2 aromatic rings. The summed E-state index contributed by atoms with van der Waals surface area (Å²) in [6.07, 6.45) is 13.6. The number of aliphatic hydroxyl groups excluding tert-OH is 1. The SMILES string of the molecule is CCN(CCO)c1ccc(/C=C/C2=CC(=C/C=C/C3=C(C#N)C(=C(C#N)C#N)OC3c3ccccc3)/CC(C)(C)C2)cc1. The smallest absolute Gasteiger partial charge is 0.172 e. The minimum atomic E-state index is -0.589. The van der Waals surface area contributed by atoms with Crippen LogP contribution in [-0.2, 0) is 4.74 Å². The number of benzene rings is 2. The van der Waals surface area contributed by atoms with Crippen molar-refractivity contribution in [1.82, 2.24) is 0 Å². The molecule has 1 N–H and O–H groups in total. The van der Waals surface area contributed by atoms with E-state index in [1.165, 1.54) is 11.1 Å². The summed E-state index contributed by atoms with van der Waals surface area (Å²) in [5, 5.41) is 38.2. The summed E-state index contributed by atoms with van der Waals surface area (Å²) in [5.41, 5.74) is 6.13. The summed E-state index contributed by atoms with van der Waals surface area (Å²) >= 11 is 0. The lowest BCUT2D eigenvalue weighted by Crippen LogP contribution is -2.25. The quantitative estimate of drug-likeness (QED) is 0.312. The maximum absolute atomic E-state index is 9.98. The average Bonchev–Trinajstić information content (AvgIpc) is 3.37. The van der Waals surface area contributed by atoms with Crippen molar-refractivity contribution in [3.63, 3.8) is 0 Å². The number of nitriles is 3. The molecule has 0 radical (unpaired) electrons. The molecule has 1 aliphatic heterocycles. The number of likely N-dealkylation sites (N-methyl/N-ethyl adjacent to an activating group) is 1. The van der Waals surface area contributed by atoms with Crippen molar-refractivity contribution in [1.29, 1.82) is 15.8 Å². The van der Waals surface area contributed by atoms with Crippen LogP contribution in [0.1, 0.15) is 50.8 Å². The number of hydrogen-bond donors (Lipinski definition) is 1. The van der Waals surface area contributed by atoms with Gasteiger partial charge < -0.3 is 14.7 Å². The summed E-state index contributed by atoms with van der Waals surface area (Å²) in [5.74, 6) is 0.0311. The van der Waals surface area contributed by atoms with Gasteiger partial charge >= 0.3 is 0 Å². The monoisotopic (exact) mass is 568 g/mol. The van der Waals surface area contributed by atoms with Gasteiger partial charge in [0.1, 0.15) is 23.8 Å². The number of anilines is 1. The number of aliphatic hydroxyl groups is 1. The van der Waals surface area contributed by atoms with E-state index in [1.54, 1.807) is 0 Å². The van der Waals surface area contributed by atoms with Crippen LogP contribution in [0.15, 0.2) is 119 Å². The molecular weight excluding hydrogens is 532 g/mol. The minimum Gasteiger partial charge on any atom is -0.477 e. The third-order valence-electron chi connectivity index (χ3n) is 7.52. The number of nitrogens with zero attached hydrogens (tertiary/aromatic N) is 4. The highest BCUT2D eigenvalue weighted by Gasteiger charge is 2.33. The van der Waals surface area contributed by atoms with Gasteiger partial charge in [-0.1, -0.05) is 92.8 Å². The molecule has 0 saturated heterocycles. The van der Waals surface area contributed by atoms with E-state index in [4.69, 9.17) is 4.74 Å². The van der Waals surface area contributed by atoms with Crippen molar-refractivity contribution in [2.75, 3.05) is 24.6 Å². The molecule has 6 heteroatoms. The summed E-state index contributed by atoms with van der Waals surface area (Å²) < 4.78 is 6.04. The van der Waals surface area contributed by atoms with Crippen molar-refractivity contribution in [2.45, 2.75) is 39.7 Å². The summed E-state index contributed by atoms with van der Waals surface area (Å²) in [7, 11) is 0. The standard InChI is InChI=1S/C37H36N4O2/c1-4-41(19-20-42)32-17-15-27(16-18-32)13-14-29-21-28(22-37(2,3)23-29)9-8-12-33-34(26-40)36(31(24-38)25-39)43-35(33)30-10-6-5-7-11-30/h5-18,21,35,42H,4,19-20,22-23H2,1-3H3/b12-8+,14-13+,28-9-. The summed E-state index contributed by atoms with van der Waals surface area (Å²) in [6.45, 7) is 8.19. The number of allylic oxidation sites excluding steroid dienone is 8. The molecule has 0 amide bonds. The van der Waals surface area contributed by atoms with E-state index in [9.17, 15) is 20.9 Å². The molecule has 0 saturated carbocycles. The van der Waals surface area contributed by atoms with Crippen LogP contribution >= 0.6 is 0 Å². The van der Waals surface area contributed by atoms with Crippen LogP contribution in [0, 0.1) is 39.4 Å². The van der Waals surface area contributed by atoms with Crippen LogP contribution in [0.5, 0.6) is 0 Å². The first-order valence-electron chi connectivity index (χ1n) is 14.4. The van der Waals surface area contributed by atoms with Gasteiger partial charge in [-0.3, -0.25) is 0 Å². The first kappa shape index (κ1) is 30.9. The zero-order valence-corrected chi connectivity index (χ0v) is 24.9. The largest absolute Gasteiger partial charge is 0.477 e. The molecule has 0 fully saturated rings. The van der Waals surface area contributed by atoms with Gasteiger partial charge in [0.2, 0.25) is 0 Å². The van der Waals surface area contributed by atoms with Gasteiger partial charge in [0.05, 0.1) is 6.61 Å². The first-order chi connectivity index (χ1) is 20.8. The van der Waals surface area contributed by atoms with E-state index < -0.39 is 6.10 Å². The molecule has 1 atom stereocenters. The summed E-state index contributed by atoms with van der Waals surface area (Å²) in [4.78, 5) is 2.14. The number of hydrogen-bond acceptors (Lipinski definition) is 6. The predicted octanol–water partition coefficient (Wildman–Crippen LogP) is 7.64. The van der Waals surface area contributed by atoms with Crippen molar-refractivity contribution < 1.29 is 9.84 Å². The molecule has 0 bridgehead atoms. The van der Waals surface area contributed by atoms with E-state index in [2.05, 4.69) is 80.3 Å². The highest BCUT2D eigenvalue weighted by Crippen LogP contribution is 2.42. The van der Waals surface area contributed by atoms with Crippen LogP contribution in [0.3, 0.4) is 0 Å². The minimum absolute atomic E-state index is 0.0311.